The van der Waals surface area contributed by atoms with Gasteiger partial charge in [-0.3, -0.25) is 4.79 Å². The summed E-state index contributed by atoms with van der Waals surface area (Å²) >= 11 is 0. The molecule has 0 aromatic heterocycles. The highest BCUT2D eigenvalue weighted by molar-refractivity contribution is 7.89. The molecule has 2 rings (SSSR count). The first kappa shape index (κ1) is 16.0. The van der Waals surface area contributed by atoms with Crippen LogP contribution in [0.2, 0.25) is 0 Å². The Balaban J connectivity index is 2.21. The molecule has 1 fully saturated rings. The number of amides is 1. The van der Waals surface area contributed by atoms with E-state index in [0.717, 1.165) is 30.1 Å². The van der Waals surface area contributed by atoms with Gasteiger partial charge in [-0.05, 0) is 43.5 Å². The van der Waals surface area contributed by atoms with E-state index in [2.05, 4.69) is 6.92 Å². The highest BCUT2D eigenvalue weighted by atomic mass is 32.2. The Morgan fingerprint density at radius 1 is 1.29 bits per heavy atom. The van der Waals surface area contributed by atoms with Crippen molar-refractivity contribution in [3.8, 4) is 0 Å². The van der Waals surface area contributed by atoms with Crippen LogP contribution in [-0.4, -0.2) is 50.2 Å². The van der Waals surface area contributed by atoms with Crippen molar-refractivity contribution < 1.29 is 13.2 Å². The molecule has 1 aliphatic heterocycles. The fraction of sp³-hybridized carbons (Fsp3) is 0.533. The fourth-order valence-electron chi connectivity index (χ4n) is 2.67. The Kier molecular flexibility index (Phi) is 4.68. The van der Waals surface area contributed by atoms with Crippen molar-refractivity contribution in [1.29, 1.82) is 0 Å². The van der Waals surface area contributed by atoms with E-state index in [1.165, 1.54) is 26.2 Å². The number of nitrogens with zero attached hydrogens (tertiary/aromatic N) is 2. The van der Waals surface area contributed by atoms with Gasteiger partial charge in [-0.15, -0.1) is 0 Å². The van der Waals surface area contributed by atoms with Gasteiger partial charge in [0.1, 0.15) is 0 Å². The molecule has 1 amide bonds. The van der Waals surface area contributed by atoms with Crippen LogP contribution >= 0.6 is 0 Å². The summed E-state index contributed by atoms with van der Waals surface area (Å²) in [6, 6.07) is 6.51. The third-order valence-corrected chi connectivity index (χ3v) is 5.82. The molecule has 1 aromatic rings. The van der Waals surface area contributed by atoms with Gasteiger partial charge in [0.25, 0.3) is 5.91 Å². The molecule has 0 radical (unpaired) electrons. The first-order valence-corrected chi connectivity index (χ1v) is 8.65. The van der Waals surface area contributed by atoms with E-state index < -0.39 is 10.0 Å². The lowest BCUT2D eigenvalue weighted by molar-refractivity contribution is 0.0733. The van der Waals surface area contributed by atoms with Crippen molar-refractivity contribution in [2.75, 3.05) is 20.6 Å². The Bertz CT molecular complexity index is 608. The number of carbonyl (C=O) groups is 1. The van der Waals surface area contributed by atoms with Gasteiger partial charge in [0.15, 0.2) is 0 Å². The van der Waals surface area contributed by atoms with E-state index in [1.54, 1.807) is 12.1 Å². The molecule has 1 aliphatic rings. The monoisotopic (exact) mass is 310 g/mol. The summed E-state index contributed by atoms with van der Waals surface area (Å²) in [5.41, 5.74) is 0.549. The Morgan fingerprint density at radius 2 is 1.90 bits per heavy atom. The van der Waals surface area contributed by atoms with Crippen LogP contribution in [-0.2, 0) is 10.0 Å². The zero-order valence-corrected chi connectivity index (χ0v) is 13.6. The molecule has 0 saturated carbocycles. The van der Waals surface area contributed by atoms with Crippen molar-refractivity contribution in [3.05, 3.63) is 29.8 Å². The Hall–Kier alpha value is -1.40. The number of likely N-dealkylation sites (tertiary alicyclic amines) is 1. The minimum Gasteiger partial charge on any atom is -0.336 e. The lowest BCUT2D eigenvalue weighted by atomic mass is 10.1. The van der Waals surface area contributed by atoms with Gasteiger partial charge < -0.3 is 4.90 Å². The summed E-state index contributed by atoms with van der Waals surface area (Å²) in [7, 11) is -0.464. The minimum absolute atomic E-state index is 0.00634. The molecule has 0 N–H and O–H groups in total. The van der Waals surface area contributed by atoms with E-state index in [0.29, 0.717) is 11.6 Å². The van der Waals surface area contributed by atoms with Crippen LogP contribution in [0, 0.1) is 0 Å². The lowest BCUT2D eigenvalue weighted by Crippen LogP contribution is -2.35. The van der Waals surface area contributed by atoms with E-state index in [-0.39, 0.29) is 10.8 Å². The summed E-state index contributed by atoms with van der Waals surface area (Å²) in [4.78, 5) is 14.6. The third-order valence-electron chi connectivity index (χ3n) is 3.99. The zero-order chi connectivity index (χ0) is 15.6. The normalized spacial score (nSPS) is 19.2. The SMILES string of the molecule is CCC1CCCN1C(=O)c1ccc(S(=O)(=O)N(C)C)cc1. The summed E-state index contributed by atoms with van der Waals surface area (Å²) in [5.74, 6) is -0.00634. The van der Waals surface area contributed by atoms with Gasteiger partial charge >= 0.3 is 0 Å². The van der Waals surface area contributed by atoms with Crippen molar-refractivity contribution in [2.45, 2.75) is 37.1 Å². The molecule has 1 unspecified atom stereocenters. The number of carbonyl (C=O) groups excluding carboxylic acids is 1. The van der Waals surface area contributed by atoms with Crippen LogP contribution in [0.25, 0.3) is 0 Å². The second kappa shape index (κ2) is 6.15. The maximum Gasteiger partial charge on any atom is 0.254 e. The third kappa shape index (κ3) is 3.11. The van der Waals surface area contributed by atoms with Gasteiger partial charge in [-0.25, -0.2) is 12.7 Å². The predicted molar refractivity (Wildman–Crippen MR) is 81.7 cm³/mol. The van der Waals surface area contributed by atoms with Crippen LogP contribution in [0.5, 0.6) is 0 Å². The number of hydrogen-bond donors (Lipinski definition) is 0. The first-order valence-electron chi connectivity index (χ1n) is 7.21. The quantitative estimate of drug-likeness (QED) is 0.854. The van der Waals surface area contributed by atoms with Crippen LogP contribution in [0.15, 0.2) is 29.2 Å². The predicted octanol–water partition coefficient (Wildman–Crippen LogP) is 1.95. The van der Waals surface area contributed by atoms with Crippen molar-refractivity contribution >= 4 is 15.9 Å². The molecule has 1 heterocycles. The molecule has 1 aromatic carbocycles. The van der Waals surface area contributed by atoms with Crippen LogP contribution in [0.1, 0.15) is 36.5 Å². The maximum atomic E-state index is 12.5. The molecular weight excluding hydrogens is 288 g/mol. The first-order chi connectivity index (χ1) is 9.87. The van der Waals surface area contributed by atoms with E-state index in [4.69, 9.17) is 0 Å². The van der Waals surface area contributed by atoms with Crippen molar-refractivity contribution in [1.82, 2.24) is 9.21 Å². The van der Waals surface area contributed by atoms with Crippen molar-refractivity contribution in [2.24, 2.45) is 0 Å². The number of benzene rings is 1. The highest BCUT2D eigenvalue weighted by Gasteiger charge is 2.28. The lowest BCUT2D eigenvalue weighted by Gasteiger charge is -2.23. The van der Waals surface area contributed by atoms with E-state index in [9.17, 15) is 13.2 Å². The number of rotatable bonds is 4. The summed E-state index contributed by atoms with van der Waals surface area (Å²) in [6.45, 7) is 2.87. The molecule has 0 aliphatic carbocycles. The van der Waals surface area contributed by atoms with E-state index >= 15 is 0 Å². The van der Waals surface area contributed by atoms with Gasteiger partial charge in [0.05, 0.1) is 4.90 Å². The second-order valence-corrected chi connectivity index (χ2v) is 7.67. The standard InChI is InChI=1S/C15H22N2O3S/c1-4-13-6-5-11-17(13)15(18)12-7-9-14(10-8-12)21(19,20)16(2)3/h7-10,13H,4-6,11H2,1-3H3. The van der Waals surface area contributed by atoms with Crippen LogP contribution in [0.4, 0.5) is 0 Å². The zero-order valence-electron chi connectivity index (χ0n) is 12.7. The largest absolute Gasteiger partial charge is 0.336 e. The second-order valence-electron chi connectivity index (χ2n) is 5.51. The summed E-state index contributed by atoms with van der Waals surface area (Å²) in [6.07, 6.45) is 3.05. The molecule has 21 heavy (non-hydrogen) atoms. The maximum absolute atomic E-state index is 12.5. The molecule has 6 heteroatoms. The molecule has 1 saturated heterocycles. The van der Waals surface area contributed by atoms with E-state index in [1.807, 2.05) is 4.90 Å². The van der Waals surface area contributed by atoms with Gasteiger partial charge in [-0.2, -0.15) is 0 Å². The van der Waals surface area contributed by atoms with Crippen molar-refractivity contribution in [3.63, 3.8) is 0 Å². The minimum atomic E-state index is -3.45. The molecule has 5 nitrogen and oxygen atoms in total. The van der Waals surface area contributed by atoms with Gasteiger partial charge in [0, 0.05) is 32.2 Å². The molecule has 0 bridgehead atoms. The summed E-state index contributed by atoms with van der Waals surface area (Å²) in [5, 5.41) is 0. The fourth-order valence-corrected chi connectivity index (χ4v) is 3.58. The topological polar surface area (TPSA) is 57.7 Å². The Labute approximate surface area is 126 Å². The molecular formula is C15H22N2O3S. The number of hydrogen-bond acceptors (Lipinski definition) is 3. The molecule has 0 spiro atoms. The van der Waals surface area contributed by atoms with Crippen LogP contribution in [0.3, 0.4) is 0 Å². The highest BCUT2D eigenvalue weighted by Crippen LogP contribution is 2.23. The smallest absolute Gasteiger partial charge is 0.254 e. The molecule has 1 atom stereocenters. The average molecular weight is 310 g/mol. The summed E-state index contributed by atoms with van der Waals surface area (Å²) < 4.78 is 25.2. The van der Waals surface area contributed by atoms with Gasteiger partial charge in [0.2, 0.25) is 10.0 Å². The average Bonchev–Trinajstić information content (AvgIpc) is 2.94. The molecule has 116 valence electrons. The van der Waals surface area contributed by atoms with Gasteiger partial charge in [-0.1, -0.05) is 6.92 Å². The number of sulfonamides is 1. The Morgan fingerprint density at radius 3 is 2.43 bits per heavy atom. The van der Waals surface area contributed by atoms with Crippen LogP contribution < -0.4 is 0 Å².